The molecule has 0 aliphatic carbocycles. The lowest BCUT2D eigenvalue weighted by Gasteiger charge is -2.40. The number of ether oxygens (including phenoxy) is 3. The van der Waals surface area contributed by atoms with E-state index in [1.165, 1.54) is 4.90 Å². The van der Waals surface area contributed by atoms with Crippen molar-refractivity contribution in [2.75, 3.05) is 26.3 Å². The molecule has 20 heteroatoms. The van der Waals surface area contributed by atoms with Crippen LogP contribution >= 0.6 is 0 Å². The molecule has 3 rings (SSSR count). The molecule has 0 radical (unpaired) electrons. The topological polar surface area (TPSA) is 260 Å². The highest BCUT2D eigenvalue weighted by Gasteiger charge is 2.45. The van der Waals surface area contributed by atoms with Gasteiger partial charge in [0.25, 0.3) is 0 Å². The predicted octanol–water partition coefficient (Wildman–Crippen LogP) is 5.62. The Morgan fingerprint density at radius 1 is 0.577 bits per heavy atom. The molecule has 1 aliphatic rings. The van der Waals surface area contributed by atoms with Crippen molar-refractivity contribution in [1.29, 1.82) is 0 Å². The molecule has 2 aromatic rings. The number of unbranched alkanes of at least 4 members (excludes halogenated alkanes) is 2. The fraction of sp³-hybridized carbons (Fsp3) is 0.608. The first-order valence-electron chi connectivity index (χ1n) is 24.2. The van der Waals surface area contributed by atoms with Crippen LogP contribution in [-0.4, -0.2) is 131 Å². The quantitative estimate of drug-likeness (QED) is 0.0529. The van der Waals surface area contributed by atoms with Crippen LogP contribution in [0.2, 0.25) is 0 Å². The number of alkyl halides is 1. The van der Waals surface area contributed by atoms with Crippen molar-refractivity contribution in [3.8, 4) is 0 Å². The molecule has 0 spiro atoms. The van der Waals surface area contributed by atoms with Gasteiger partial charge in [-0.05, 0) is 125 Å². The number of piperidine rings is 1. The van der Waals surface area contributed by atoms with Crippen LogP contribution in [0.4, 0.5) is 18.8 Å². The Kier molecular flexibility index (Phi) is 22.6. The van der Waals surface area contributed by atoms with E-state index in [4.69, 9.17) is 14.2 Å². The van der Waals surface area contributed by atoms with Crippen LogP contribution in [0, 0.1) is 0 Å². The molecule has 7 N–H and O–H groups in total. The summed E-state index contributed by atoms with van der Waals surface area (Å²) in [6.45, 7) is 14.4. The Balaban J connectivity index is 1.91. The zero-order valence-corrected chi connectivity index (χ0v) is 42.7. The van der Waals surface area contributed by atoms with Gasteiger partial charge in [0.2, 0.25) is 23.6 Å². The van der Waals surface area contributed by atoms with E-state index in [9.17, 15) is 47.9 Å². The van der Waals surface area contributed by atoms with Crippen LogP contribution in [0.5, 0.6) is 0 Å². The van der Waals surface area contributed by atoms with Crippen LogP contribution in [0.1, 0.15) is 125 Å². The number of halogens is 1. The van der Waals surface area contributed by atoms with E-state index in [1.807, 2.05) is 0 Å². The molecular weight excluding hydrogens is 922 g/mol. The summed E-state index contributed by atoms with van der Waals surface area (Å²) in [4.78, 5) is 109. The Hall–Kier alpha value is -6.47. The second-order valence-electron chi connectivity index (χ2n) is 20.7. The molecule has 1 saturated heterocycles. The van der Waals surface area contributed by atoms with Crippen LogP contribution in [-0.2, 0) is 51.0 Å². The first-order chi connectivity index (χ1) is 33.2. The summed E-state index contributed by atoms with van der Waals surface area (Å²) in [5, 5.41) is 26.3. The first kappa shape index (κ1) is 58.8. The minimum absolute atomic E-state index is 0.0320. The van der Waals surface area contributed by atoms with Gasteiger partial charge in [-0.2, -0.15) is 0 Å². The van der Waals surface area contributed by atoms with E-state index in [2.05, 4.69) is 31.9 Å². The molecule has 394 valence electrons. The van der Waals surface area contributed by atoms with Crippen molar-refractivity contribution in [1.82, 2.24) is 36.8 Å². The molecule has 7 amide bonds. The Bertz CT molecular complexity index is 2080. The average molecular weight is 998 g/mol. The van der Waals surface area contributed by atoms with Gasteiger partial charge in [-0.25, -0.2) is 19.2 Å². The summed E-state index contributed by atoms with van der Waals surface area (Å²) in [6, 6.07) is 12.7. The maximum Gasteiger partial charge on any atom is 0.408 e. The SMILES string of the molecule is CC(C)(C)OC(=O)NCCCCC(NC(=O)C(CCCCF)NC(=O)C(Cc1ccccc1)NC(=O)C(Cc1ccccc1)NC(=O)OC(C)(C)C)C(=O)N1CCC(NC(=O)OC(C)(C)C)(C(=O)O)CC1. The summed E-state index contributed by atoms with van der Waals surface area (Å²) in [5.74, 6) is -4.12. The third-order valence-electron chi connectivity index (χ3n) is 11.0. The molecule has 2 aromatic carbocycles. The number of carbonyl (C=O) groups is 8. The number of alkyl carbamates (subject to hydrolysis) is 3. The van der Waals surface area contributed by atoms with Gasteiger partial charge >= 0.3 is 24.2 Å². The Morgan fingerprint density at radius 2 is 1.00 bits per heavy atom. The molecule has 0 bridgehead atoms. The number of benzene rings is 2. The van der Waals surface area contributed by atoms with Crippen LogP contribution in [0.15, 0.2) is 60.7 Å². The molecular formula is C51H76FN7O12. The van der Waals surface area contributed by atoms with E-state index in [0.29, 0.717) is 24.0 Å². The number of nitrogens with one attached hydrogen (secondary N) is 6. The molecule has 1 fully saturated rings. The third kappa shape index (κ3) is 22.0. The van der Waals surface area contributed by atoms with Crippen molar-refractivity contribution in [3.63, 3.8) is 0 Å². The fourth-order valence-electron chi connectivity index (χ4n) is 7.55. The van der Waals surface area contributed by atoms with Gasteiger partial charge in [0.15, 0.2) is 0 Å². The number of nitrogens with zero attached hydrogens (tertiary/aromatic N) is 1. The monoisotopic (exact) mass is 998 g/mol. The second-order valence-corrected chi connectivity index (χ2v) is 20.7. The summed E-state index contributed by atoms with van der Waals surface area (Å²) in [7, 11) is 0. The second kappa shape index (κ2) is 27.2. The number of carbonyl (C=O) groups excluding carboxylic acids is 7. The number of amides is 7. The number of aliphatic carboxylic acids is 1. The zero-order chi connectivity index (χ0) is 53.0. The smallest absolute Gasteiger partial charge is 0.408 e. The number of rotatable bonds is 23. The summed E-state index contributed by atoms with van der Waals surface area (Å²) in [5.41, 5.74) is -2.88. The normalized spacial score (nSPS) is 15.3. The summed E-state index contributed by atoms with van der Waals surface area (Å²) in [6.07, 6.45) is -1.85. The number of likely N-dealkylation sites (tertiary alicyclic amines) is 1. The minimum atomic E-state index is -1.74. The predicted molar refractivity (Wildman–Crippen MR) is 263 cm³/mol. The van der Waals surface area contributed by atoms with Crippen LogP contribution < -0.4 is 31.9 Å². The van der Waals surface area contributed by atoms with Gasteiger partial charge in [0.1, 0.15) is 46.5 Å². The van der Waals surface area contributed by atoms with Crippen molar-refractivity contribution >= 4 is 47.9 Å². The van der Waals surface area contributed by atoms with Crippen molar-refractivity contribution in [2.45, 2.75) is 173 Å². The Morgan fingerprint density at radius 3 is 1.49 bits per heavy atom. The maximum absolute atomic E-state index is 14.4. The third-order valence-corrected chi connectivity index (χ3v) is 11.0. The molecule has 0 aromatic heterocycles. The fourth-order valence-corrected chi connectivity index (χ4v) is 7.55. The molecule has 1 aliphatic heterocycles. The van der Waals surface area contributed by atoms with Gasteiger partial charge in [-0.1, -0.05) is 60.7 Å². The van der Waals surface area contributed by atoms with Crippen molar-refractivity contribution in [3.05, 3.63) is 71.8 Å². The van der Waals surface area contributed by atoms with Crippen molar-refractivity contribution < 1.29 is 62.1 Å². The minimum Gasteiger partial charge on any atom is -0.480 e. The first-order valence-corrected chi connectivity index (χ1v) is 24.2. The Labute approximate surface area is 416 Å². The van der Waals surface area contributed by atoms with E-state index < -0.39 is 101 Å². The number of hydrogen-bond acceptors (Lipinski definition) is 11. The number of carboxylic acid groups (broad SMARTS) is 1. The van der Waals surface area contributed by atoms with Gasteiger partial charge in [-0.15, -0.1) is 0 Å². The molecule has 4 atom stereocenters. The lowest BCUT2D eigenvalue weighted by molar-refractivity contribution is -0.150. The standard InChI is InChI=1S/C51H76FN7O12/c1-48(2,3)69-45(66)53-29-19-17-25-37(43(63)59-30-26-51(27-31-59,44(64)65)58-47(68)71-50(7,8)9)55-40(60)36(24-16-18-28-52)54-41(61)38(32-34-20-12-10-13-21-34)56-42(62)39(33-35-22-14-11-15-23-35)57-46(67)70-49(4,5)6/h10-15,20-23,36-39H,16-19,24-33H2,1-9H3,(H,53,66)(H,54,61)(H,55,60)(H,56,62)(H,57,67)(H,58,68)(H,64,65). The van der Waals surface area contributed by atoms with Gasteiger partial charge < -0.3 is 56.1 Å². The molecule has 71 heavy (non-hydrogen) atoms. The zero-order valence-electron chi connectivity index (χ0n) is 42.7. The largest absolute Gasteiger partial charge is 0.480 e. The van der Waals surface area contributed by atoms with Crippen molar-refractivity contribution in [2.24, 2.45) is 0 Å². The maximum atomic E-state index is 14.4. The highest BCUT2D eigenvalue weighted by atomic mass is 19.1. The number of carboxylic acids is 1. The van der Waals surface area contributed by atoms with Gasteiger partial charge in [-0.3, -0.25) is 23.6 Å². The summed E-state index contributed by atoms with van der Waals surface area (Å²) >= 11 is 0. The highest BCUT2D eigenvalue weighted by molar-refractivity contribution is 5.95. The average Bonchev–Trinajstić information content (AvgIpc) is 3.26. The van der Waals surface area contributed by atoms with E-state index >= 15 is 0 Å². The lowest BCUT2D eigenvalue weighted by atomic mass is 9.87. The van der Waals surface area contributed by atoms with Gasteiger partial charge in [0, 0.05) is 32.5 Å². The van der Waals surface area contributed by atoms with E-state index in [1.54, 1.807) is 123 Å². The van der Waals surface area contributed by atoms with Gasteiger partial charge in [0.05, 0.1) is 6.67 Å². The van der Waals surface area contributed by atoms with Crippen LogP contribution in [0.3, 0.4) is 0 Å². The molecule has 19 nitrogen and oxygen atoms in total. The van der Waals surface area contributed by atoms with Crippen LogP contribution in [0.25, 0.3) is 0 Å². The van der Waals surface area contributed by atoms with E-state index in [0.717, 1.165) is 0 Å². The number of hydrogen-bond donors (Lipinski definition) is 7. The molecule has 0 saturated carbocycles. The molecule has 4 unspecified atom stereocenters. The lowest BCUT2D eigenvalue weighted by Crippen LogP contribution is -2.63. The highest BCUT2D eigenvalue weighted by Crippen LogP contribution is 2.25. The molecule has 1 heterocycles. The summed E-state index contributed by atoms with van der Waals surface area (Å²) < 4.78 is 29.6. The van der Waals surface area contributed by atoms with E-state index in [-0.39, 0.29) is 71.0 Å².